The lowest BCUT2D eigenvalue weighted by Gasteiger charge is -2.12. The third-order valence-corrected chi connectivity index (χ3v) is 2.93. The highest BCUT2D eigenvalue weighted by Gasteiger charge is 2.17. The van der Waals surface area contributed by atoms with Gasteiger partial charge in [0, 0.05) is 11.9 Å². The van der Waals surface area contributed by atoms with Gasteiger partial charge in [-0.1, -0.05) is 48.0 Å². The summed E-state index contributed by atoms with van der Waals surface area (Å²) in [6.45, 7) is 2.41. The summed E-state index contributed by atoms with van der Waals surface area (Å²) in [7, 11) is -1.51. The van der Waals surface area contributed by atoms with E-state index in [1.807, 2.05) is 43.3 Å². The molecule has 0 aliphatic heterocycles. The summed E-state index contributed by atoms with van der Waals surface area (Å²) in [6, 6.07) is 15.4. The minimum Gasteiger partial charge on any atom is -0.494 e. The van der Waals surface area contributed by atoms with E-state index in [-0.39, 0.29) is 0 Å². The predicted molar refractivity (Wildman–Crippen MR) is 76.6 cm³/mol. The summed E-state index contributed by atoms with van der Waals surface area (Å²) in [5, 5.41) is 18.6. The Labute approximate surface area is 113 Å². The molecule has 98 valence electrons. The van der Waals surface area contributed by atoms with Gasteiger partial charge >= 0.3 is 7.12 Å². The molecule has 2 aromatic carbocycles. The van der Waals surface area contributed by atoms with Gasteiger partial charge < -0.3 is 14.8 Å². The first-order chi connectivity index (χ1) is 9.16. The zero-order valence-electron chi connectivity index (χ0n) is 10.9. The molecule has 2 aromatic rings. The zero-order chi connectivity index (χ0) is 13.7. The van der Waals surface area contributed by atoms with Gasteiger partial charge in [-0.25, -0.2) is 0 Å². The Kier molecular flexibility index (Phi) is 4.60. The van der Waals surface area contributed by atoms with Crippen LogP contribution in [-0.4, -0.2) is 23.8 Å². The quantitative estimate of drug-likeness (QED) is 0.793. The van der Waals surface area contributed by atoms with E-state index < -0.39 is 7.12 Å². The zero-order valence-corrected chi connectivity index (χ0v) is 10.9. The molecular weight excluding hydrogens is 239 g/mol. The molecule has 0 saturated carbocycles. The van der Waals surface area contributed by atoms with Crippen molar-refractivity contribution >= 4 is 12.6 Å². The highest BCUT2D eigenvalue weighted by Crippen LogP contribution is 2.11. The van der Waals surface area contributed by atoms with Crippen LogP contribution in [0.3, 0.4) is 0 Å². The molecule has 0 amide bonds. The molecule has 0 unspecified atom stereocenters. The Morgan fingerprint density at radius 3 is 2.47 bits per heavy atom. The number of hydrogen-bond acceptors (Lipinski definition) is 3. The minimum absolute atomic E-state index is 0.410. The van der Waals surface area contributed by atoms with Gasteiger partial charge in [0.1, 0.15) is 5.75 Å². The Morgan fingerprint density at radius 2 is 1.79 bits per heavy atom. The van der Waals surface area contributed by atoms with Gasteiger partial charge in [0.25, 0.3) is 0 Å². The van der Waals surface area contributed by atoms with E-state index in [4.69, 9.17) is 4.74 Å². The number of benzene rings is 2. The maximum atomic E-state index is 9.32. The summed E-state index contributed by atoms with van der Waals surface area (Å²) in [5.74, 6) is 0.525. The van der Waals surface area contributed by atoms with Gasteiger partial charge in [-0.05, 0) is 18.6 Å². The fourth-order valence-corrected chi connectivity index (χ4v) is 1.92. The van der Waals surface area contributed by atoms with Crippen LogP contribution in [0.2, 0.25) is 0 Å². The largest absolute Gasteiger partial charge is 0.494 e. The molecule has 0 heterocycles. The number of hydrogen-bond donors (Lipinski definition) is 2. The first kappa shape index (κ1) is 13.7. The van der Waals surface area contributed by atoms with Crippen molar-refractivity contribution in [1.82, 2.24) is 0 Å². The molecule has 0 aromatic heterocycles. The molecule has 2 rings (SSSR count). The summed E-state index contributed by atoms with van der Waals surface area (Å²) >= 11 is 0. The first-order valence-electron chi connectivity index (χ1n) is 6.30. The molecule has 2 N–H and O–H groups in total. The SMILES string of the molecule is Cc1ccc(OCCc2ccccc2)c(B(O)O)c1. The molecule has 0 fully saturated rings. The van der Waals surface area contributed by atoms with Crippen LogP contribution in [0.1, 0.15) is 11.1 Å². The summed E-state index contributed by atoms with van der Waals surface area (Å²) in [5.41, 5.74) is 2.58. The lowest BCUT2D eigenvalue weighted by molar-refractivity contribution is 0.322. The van der Waals surface area contributed by atoms with Gasteiger partial charge in [0.15, 0.2) is 0 Å². The van der Waals surface area contributed by atoms with Crippen LogP contribution in [0.5, 0.6) is 5.75 Å². The van der Waals surface area contributed by atoms with Crippen LogP contribution in [-0.2, 0) is 6.42 Å². The van der Waals surface area contributed by atoms with E-state index in [1.54, 1.807) is 12.1 Å². The second kappa shape index (κ2) is 6.41. The molecule has 0 atom stereocenters. The maximum absolute atomic E-state index is 9.32. The van der Waals surface area contributed by atoms with Crippen molar-refractivity contribution in [3.05, 3.63) is 59.7 Å². The van der Waals surface area contributed by atoms with Crippen LogP contribution in [0.4, 0.5) is 0 Å². The molecule has 19 heavy (non-hydrogen) atoms. The van der Waals surface area contributed by atoms with Crippen molar-refractivity contribution < 1.29 is 14.8 Å². The lowest BCUT2D eigenvalue weighted by atomic mass is 9.79. The molecule has 0 spiro atoms. The molecule has 4 heteroatoms. The number of ether oxygens (including phenoxy) is 1. The van der Waals surface area contributed by atoms with Crippen molar-refractivity contribution in [3.8, 4) is 5.75 Å². The van der Waals surface area contributed by atoms with Crippen molar-refractivity contribution in [2.45, 2.75) is 13.3 Å². The minimum atomic E-state index is -1.51. The maximum Gasteiger partial charge on any atom is 0.492 e. The van der Waals surface area contributed by atoms with Crippen LogP contribution in [0, 0.1) is 6.92 Å². The highest BCUT2D eigenvalue weighted by molar-refractivity contribution is 6.59. The van der Waals surface area contributed by atoms with E-state index in [2.05, 4.69) is 0 Å². The average molecular weight is 256 g/mol. The van der Waals surface area contributed by atoms with Crippen molar-refractivity contribution in [1.29, 1.82) is 0 Å². The van der Waals surface area contributed by atoms with E-state index in [1.165, 1.54) is 5.56 Å². The van der Waals surface area contributed by atoms with Crippen molar-refractivity contribution in [3.63, 3.8) is 0 Å². The second-order valence-electron chi connectivity index (χ2n) is 4.50. The summed E-state index contributed by atoms with van der Waals surface area (Å²) in [6.07, 6.45) is 0.787. The van der Waals surface area contributed by atoms with Crippen LogP contribution in [0.25, 0.3) is 0 Å². The van der Waals surface area contributed by atoms with Gasteiger partial charge in [0.05, 0.1) is 6.61 Å². The predicted octanol–water partition coefficient (Wildman–Crippen LogP) is 1.30. The molecule has 0 aliphatic carbocycles. The Bertz CT molecular complexity index is 526. The summed E-state index contributed by atoms with van der Waals surface area (Å²) < 4.78 is 5.64. The van der Waals surface area contributed by atoms with Crippen molar-refractivity contribution in [2.75, 3.05) is 6.61 Å². The normalized spacial score (nSPS) is 10.3. The van der Waals surface area contributed by atoms with Gasteiger partial charge in [-0.15, -0.1) is 0 Å². The molecular formula is C15H17BO3. The van der Waals surface area contributed by atoms with Crippen LogP contribution >= 0.6 is 0 Å². The molecule has 0 radical (unpaired) electrons. The highest BCUT2D eigenvalue weighted by atomic mass is 16.5. The third-order valence-electron chi connectivity index (χ3n) is 2.93. The molecule has 0 saturated heterocycles. The standard InChI is InChI=1S/C15H17BO3/c1-12-7-8-15(14(11-12)16(17)18)19-10-9-13-5-3-2-4-6-13/h2-8,11,17-18H,9-10H2,1H3. The van der Waals surface area contributed by atoms with Gasteiger partial charge in [-0.2, -0.15) is 0 Å². The van der Waals surface area contributed by atoms with E-state index in [0.29, 0.717) is 17.8 Å². The summed E-state index contributed by atoms with van der Waals surface area (Å²) in [4.78, 5) is 0. The Hall–Kier alpha value is -1.78. The van der Waals surface area contributed by atoms with Gasteiger partial charge in [0.2, 0.25) is 0 Å². The lowest BCUT2D eigenvalue weighted by Crippen LogP contribution is -2.32. The topological polar surface area (TPSA) is 49.7 Å². The first-order valence-corrected chi connectivity index (χ1v) is 6.30. The molecule has 3 nitrogen and oxygen atoms in total. The van der Waals surface area contributed by atoms with Gasteiger partial charge in [-0.3, -0.25) is 0 Å². The fourth-order valence-electron chi connectivity index (χ4n) is 1.92. The van der Waals surface area contributed by atoms with E-state index in [9.17, 15) is 10.0 Å². The van der Waals surface area contributed by atoms with E-state index >= 15 is 0 Å². The van der Waals surface area contributed by atoms with Crippen molar-refractivity contribution in [2.24, 2.45) is 0 Å². The second-order valence-corrected chi connectivity index (χ2v) is 4.50. The Morgan fingerprint density at radius 1 is 1.05 bits per heavy atom. The average Bonchev–Trinajstić information content (AvgIpc) is 2.41. The third kappa shape index (κ3) is 3.84. The van der Waals surface area contributed by atoms with E-state index in [0.717, 1.165) is 12.0 Å². The number of aryl methyl sites for hydroxylation is 1. The Balaban J connectivity index is 2.00. The monoisotopic (exact) mass is 256 g/mol. The van der Waals surface area contributed by atoms with Crippen LogP contribution in [0.15, 0.2) is 48.5 Å². The van der Waals surface area contributed by atoms with Crippen LogP contribution < -0.4 is 10.2 Å². The number of rotatable bonds is 5. The fraction of sp³-hybridized carbons (Fsp3) is 0.200. The molecule has 0 aliphatic rings. The molecule has 0 bridgehead atoms. The smallest absolute Gasteiger partial charge is 0.492 e.